The van der Waals surface area contributed by atoms with Gasteiger partial charge in [-0.25, -0.2) is 14.7 Å². The average molecular weight is 1700 g/mol. The molecule has 14 heteroatoms. The van der Waals surface area contributed by atoms with Crippen molar-refractivity contribution < 1.29 is 34.2 Å². The number of nitrogens with two attached hydrogens (primary N) is 2. The largest absolute Gasteiger partial charge is 0.358 e. The maximum Gasteiger partial charge on any atom is 0.347 e. The molecule has 2 aromatic rings. The summed E-state index contributed by atoms with van der Waals surface area (Å²) in [4.78, 5) is 45.5. The third-order valence-electron chi connectivity index (χ3n) is 15.1. The third-order valence-corrected chi connectivity index (χ3v) is 15.1. The van der Waals surface area contributed by atoms with Gasteiger partial charge in [0.25, 0.3) is 23.3 Å². The first kappa shape index (κ1) is 99.3. The first-order valence-corrected chi connectivity index (χ1v) is 37.7. The minimum atomic E-state index is -2.59. The maximum atomic E-state index is 13.6. The van der Waals surface area contributed by atoms with E-state index in [0.717, 1.165) is 41.7 Å². The Bertz CT molecular complexity index is 8390. The van der Waals surface area contributed by atoms with Gasteiger partial charge in [-0.1, -0.05) is 42.2 Å². The van der Waals surface area contributed by atoms with E-state index in [1.807, 2.05) is 18.2 Å². The first-order valence-electron chi connectivity index (χ1n) is 37.7. The maximum absolute atomic E-state index is 13.6. The number of rotatable bonds is 5. The van der Waals surface area contributed by atoms with Crippen LogP contribution in [0.5, 0.6) is 0 Å². The van der Waals surface area contributed by atoms with E-state index in [2.05, 4.69) is 554 Å². The predicted molar refractivity (Wildman–Crippen MR) is 515 cm³/mol. The lowest BCUT2D eigenvalue weighted by Gasteiger charge is -2.41. The van der Waals surface area contributed by atoms with Gasteiger partial charge in [-0.3, -0.25) is 41.2 Å². The summed E-state index contributed by atoms with van der Waals surface area (Å²) in [5, 5.41) is 32.6. The minimum absolute atomic E-state index is 0.0538. The number of anilines is 1. The molecule has 10 N–H and O–H groups in total. The number of fused-ring (bicyclic) bond motifs is 1. The van der Waals surface area contributed by atoms with Gasteiger partial charge in [0.15, 0.2) is 6.04 Å². The first-order chi connectivity index (χ1) is 66.5. The highest BCUT2D eigenvalue weighted by Crippen LogP contribution is 2.38. The van der Waals surface area contributed by atoms with Crippen molar-refractivity contribution in [1.29, 1.82) is 0 Å². The quantitative estimate of drug-likeness (QED) is 0.0683. The summed E-state index contributed by atoms with van der Waals surface area (Å²) in [6.07, 6.45) is 3.73. The number of benzene rings is 2. The van der Waals surface area contributed by atoms with Crippen molar-refractivity contribution in [3.8, 4) is 533 Å². The summed E-state index contributed by atoms with van der Waals surface area (Å²) < 4.78 is 1.52. The third kappa shape index (κ3) is 40.2. The molecule has 4 atom stereocenters. The van der Waals surface area contributed by atoms with Gasteiger partial charge in [-0.2, -0.15) is 0 Å². The molecule has 2 fully saturated rings. The van der Waals surface area contributed by atoms with Crippen molar-refractivity contribution >= 4 is 35.5 Å². The second-order valence-corrected chi connectivity index (χ2v) is 23.3. The summed E-state index contributed by atoms with van der Waals surface area (Å²) in [5.74, 6) is 222. The van der Waals surface area contributed by atoms with E-state index in [4.69, 9.17) is 11.5 Å². The van der Waals surface area contributed by atoms with E-state index in [0.29, 0.717) is 11.3 Å². The van der Waals surface area contributed by atoms with Crippen molar-refractivity contribution in [2.45, 2.75) is 69.1 Å². The van der Waals surface area contributed by atoms with Gasteiger partial charge in [-0.15, -0.1) is 0 Å². The van der Waals surface area contributed by atoms with E-state index in [-0.39, 0.29) is 31.6 Å². The molecule has 135 heavy (non-hydrogen) atoms. The van der Waals surface area contributed by atoms with Crippen molar-refractivity contribution in [3.05, 3.63) is 65.2 Å². The molecule has 2 saturated heterocycles. The zero-order valence-electron chi connectivity index (χ0n) is 70.4. The molecule has 0 saturated carbocycles. The number of para-hydroxylation sites is 1. The number of nitrogens with one attached hydrogen (secondary N) is 4. The second kappa shape index (κ2) is 64.4. The SMILES string of the molecule is CC#CC#CC#CC#CC#CC#CC#CC#CC#CC#CC#CC#CC#CC#CC#CC#CC#CC#CC#CC#CC#CC#CC#CC#CC#CC#CC#CC#CC#CC#CC#CC#CC#CC#CC#CC#CC#CC#CC#CC#CC#CC#CC#CC#CC#CC.NC1=[NH+][C@H]2[C@H](CN3C(=O)CN(c4ccccc4)C3=O)NC(N)=[N+]3CC(NC(=O)c4cccc5c4CCCC5)C(O)(O)C23N1. The van der Waals surface area contributed by atoms with Crippen LogP contribution in [0, 0.1) is 533 Å². The van der Waals surface area contributed by atoms with E-state index in [1.54, 1.807) is 44.2 Å². The molecule has 2 unspecified atom stereocenters. The molecule has 0 bridgehead atoms. The molecule has 0 radical (unpaired) electrons. The topological polar surface area (TPSA) is 203 Å². The summed E-state index contributed by atoms with van der Waals surface area (Å²) in [7, 11) is 0. The van der Waals surface area contributed by atoms with Gasteiger partial charge in [0.05, 0.1) is 13.1 Å². The Morgan fingerprint density at radius 1 is 0.385 bits per heavy atom. The standard InChI is InChI=1S/C92H6.C29H33N9O5/c1-3-5-7-9-11-13-15-17-19-21-23-25-27-29-31-33-35-37-39-41-43-45-47-49-51-53-55-57-59-61-63-65-67-69-71-73-75-77-79-81-83-85-87-89-91-92-90-88-86-84-82-80-78-76-74-72-70-68-66-64-62-60-58-56-54-52-50-48-46-44-42-40-38-36-34-32-30-28-26-24-22-20-18-16-14-12-10-8-6-4-2;30-25-34-23-20(13-37-22(39)15-36(27(37)41)17-9-2-1-3-10-17)32-26(31)38-14-21(29(42,43)28(23,38)35-25)33-24(40)19-12-6-8-16-7-4-5-11-18(16)19/h1-2H3;1-3,6,8-10,12,20-21,23,42-43H,4-5,7,11,13-15H2,(H6,30,31,32,33,34,35,40)/p+2/t;20-,21?,23-,28?/m.0/s1. The highest BCUT2D eigenvalue weighted by Gasteiger charge is 2.78. The second-order valence-electron chi connectivity index (χ2n) is 23.3. The molecule has 2 aromatic carbocycles. The molecule has 4 amide bonds. The number of carbonyl (C=O) groups is 3. The summed E-state index contributed by atoms with van der Waals surface area (Å²) >= 11 is 0. The van der Waals surface area contributed by atoms with Crippen LogP contribution < -0.4 is 37.3 Å². The van der Waals surface area contributed by atoms with Crippen molar-refractivity contribution in [3.63, 3.8) is 0 Å². The van der Waals surface area contributed by atoms with Crippen molar-refractivity contribution in [2.75, 3.05) is 24.5 Å². The van der Waals surface area contributed by atoms with Crippen LogP contribution in [-0.2, 0) is 17.6 Å². The Kier molecular flexibility index (Phi) is 47.4. The van der Waals surface area contributed by atoms with E-state index >= 15 is 0 Å². The molecular weight excluding hydrogens is 1660 g/mol. The van der Waals surface area contributed by atoms with Crippen molar-refractivity contribution in [2.24, 2.45) is 11.5 Å². The number of amides is 4. The number of carbonyl (C=O) groups excluding carboxylic acids is 3. The number of guanidine groups is 2. The Hall–Kier alpha value is -24.5. The van der Waals surface area contributed by atoms with Crippen LogP contribution in [0.25, 0.3) is 0 Å². The lowest BCUT2D eigenvalue weighted by Crippen LogP contribution is -2.92. The number of aliphatic hydroxyl groups is 2. The average Bonchev–Trinajstić information content (AvgIpc) is 1.52. The number of nitrogens with zero attached hydrogens (tertiary/aromatic N) is 3. The number of hydrogen-bond donors (Lipinski definition) is 8. The van der Waals surface area contributed by atoms with Crippen LogP contribution in [0.15, 0.2) is 48.5 Å². The Labute approximate surface area is 788 Å². The normalized spacial score (nSPS) is 11.9. The fraction of sp³-hybridized carbons (Fsp3) is 0.116. The van der Waals surface area contributed by atoms with Crippen molar-refractivity contribution in [1.82, 2.24) is 20.9 Å². The number of imide groups is 1. The van der Waals surface area contributed by atoms with Gasteiger partial charge < -0.3 is 15.5 Å². The number of urea groups is 1. The molecule has 5 aliphatic rings. The fourth-order valence-corrected chi connectivity index (χ4v) is 10.2. The van der Waals surface area contributed by atoms with E-state index < -0.39 is 47.4 Å². The van der Waals surface area contributed by atoms with Crippen LogP contribution in [-0.4, -0.2) is 98.7 Å². The van der Waals surface area contributed by atoms with Gasteiger partial charge in [0.1, 0.15) is 18.6 Å². The minimum Gasteiger partial charge on any atom is -0.358 e. The monoisotopic (exact) mass is 1700 g/mol. The lowest BCUT2D eigenvalue weighted by atomic mass is 9.84. The van der Waals surface area contributed by atoms with Gasteiger partial charge >= 0.3 is 18.0 Å². The van der Waals surface area contributed by atoms with Crippen LogP contribution in [0.1, 0.15) is 48.2 Å². The summed E-state index contributed by atoms with van der Waals surface area (Å²) in [5.41, 5.74) is 14.1. The summed E-state index contributed by atoms with van der Waals surface area (Å²) in [6.45, 7) is 3.05. The molecule has 14 nitrogen and oxygen atoms in total. The zero-order valence-corrected chi connectivity index (χ0v) is 70.4. The molecule has 4 aliphatic heterocycles. The molecule has 7 rings (SSSR count). The van der Waals surface area contributed by atoms with Crippen LogP contribution in [0.2, 0.25) is 0 Å². The molecular formula is C121H41N9O5+2. The molecule has 4 heterocycles. The predicted octanol–water partition coefficient (Wildman–Crippen LogP) is -2.63. The van der Waals surface area contributed by atoms with Gasteiger partial charge in [0.2, 0.25) is 0 Å². The highest BCUT2D eigenvalue weighted by atomic mass is 16.5. The highest BCUT2D eigenvalue weighted by molar-refractivity contribution is 6.12. The molecule has 1 aliphatic carbocycles. The fourth-order valence-electron chi connectivity index (χ4n) is 10.2. The van der Waals surface area contributed by atoms with Crippen LogP contribution in [0.3, 0.4) is 0 Å². The van der Waals surface area contributed by atoms with E-state index in [9.17, 15) is 24.6 Å². The van der Waals surface area contributed by atoms with Gasteiger partial charge in [-0.05, 0) is 164 Å². The molecule has 598 valence electrons. The Morgan fingerprint density at radius 3 is 0.926 bits per heavy atom. The van der Waals surface area contributed by atoms with Gasteiger partial charge in [0, 0.05) is 438 Å². The Morgan fingerprint density at radius 2 is 0.652 bits per heavy atom. The number of aryl methyl sites for hydroxylation is 1. The smallest absolute Gasteiger partial charge is 0.347 e. The number of hydrogen-bond acceptors (Lipinski definition) is 9. The molecule has 1 spiro atoms. The van der Waals surface area contributed by atoms with E-state index in [1.165, 1.54) is 9.48 Å². The summed E-state index contributed by atoms with van der Waals surface area (Å²) in [6, 6.07) is 11.2. The molecule has 0 aromatic heterocycles. The van der Waals surface area contributed by atoms with Crippen LogP contribution >= 0.6 is 0 Å². The lowest BCUT2D eigenvalue weighted by molar-refractivity contribution is -0.674. The zero-order chi connectivity index (χ0) is 95.7. The Balaban J connectivity index is 0.000000530. The van der Waals surface area contributed by atoms with Crippen LogP contribution in [0.4, 0.5) is 10.5 Å².